The third kappa shape index (κ3) is 4.71. The predicted molar refractivity (Wildman–Crippen MR) is 107 cm³/mol. The van der Waals surface area contributed by atoms with Crippen molar-refractivity contribution < 1.29 is 30.4 Å². The zero-order valence-electron chi connectivity index (χ0n) is 15.6. The van der Waals surface area contributed by atoms with Gasteiger partial charge in [-0.15, -0.1) is 0 Å². The van der Waals surface area contributed by atoms with Gasteiger partial charge in [0.1, 0.15) is 27.9 Å². The van der Waals surface area contributed by atoms with Gasteiger partial charge in [0.15, 0.2) is 0 Å². The quantitative estimate of drug-likeness (QED) is 0.505. The standard InChI is InChI=1S/C18H10Cl2F5N3O3S/c1-28-16(18(23,24)25)7-14(29)17(26-28)9-5-13(10(19)6-12(9)22)27-32(30,31)15-3-2-8(21)4-11(15)20/h2-7,27H,1H3. The molecule has 14 heteroatoms. The summed E-state index contributed by atoms with van der Waals surface area (Å²) in [6.45, 7) is 0. The minimum atomic E-state index is -4.88. The first kappa shape index (κ1) is 24.0. The monoisotopic (exact) mass is 513 g/mol. The van der Waals surface area contributed by atoms with Gasteiger partial charge in [-0.25, -0.2) is 17.2 Å². The van der Waals surface area contributed by atoms with E-state index in [9.17, 15) is 35.2 Å². The van der Waals surface area contributed by atoms with Gasteiger partial charge >= 0.3 is 6.18 Å². The minimum absolute atomic E-state index is 0.235. The van der Waals surface area contributed by atoms with Crippen LogP contribution in [0.4, 0.5) is 27.6 Å². The number of sulfonamides is 1. The second-order valence-electron chi connectivity index (χ2n) is 6.36. The Hall–Kier alpha value is -2.70. The van der Waals surface area contributed by atoms with Crippen molar-refractivity contribution in [2.45, 2.75) is 11.1 Å². The molecule has 1 aromatic heterocycles. The summed E-state index contributed by atoms with van der Waals surface area (Å²) < 4.78 is 94.2. The molecule has 0 aliphatic rings. The number of benzene rings is 2. The van der Waals surface area contributed by atoms with E-state index in [1.807, 2.05) is 4.72 Å². The van der Waals surface area contributed by atoms with Gasteiger partial charge in [-0.05, 0) is 30.3 Å². The van der Waals surface area contributed by atoms with Crippen LogP contribution in [0.3, 0.4) is 0 Å². The normalized spacial score (nSPS) is 12.1. The number of nitrogens with one attached hydrogen (secondary N) is 1. The Bertz CT molecular complexity index is 1390. The van der Waals surface area contributed by atoms with Gasteiger partial charge in [-0.1, -0.05) is 23.2 Å². The number of halogens is 7. The van der Waals surface area contributed by atoms with Crippen molar-refractivity contribution in [3.8, 4) is 11.3 Å². The molecule has 0 unspecified atom stereocenters. The fourth-order valence-corrected chi connectivity index (χ4v) is 4.55. The fourth-order valence-electron chi connectivity index (χ4n) is 2.69. The van der Waals surface area contributed by atoms with E-state index in [2.05, 4.69) is 5.10 Å². The van der Waals surface area contributed by atoms with Crippen LogP contribution >= 0.6 is 23.2 Å². The van der Waals surface area contributed by atoms with Crippen LogP contribution in [0.1, 0.15) is 5.69 Å². The Labute approximate surface area is 187 Å². The van der Waals surface area contributed by atoms with Crippen LogP contribution in [-0.2, 0) is 23.2 Å². The highest BCUT2D eigenvalue weighted by molar-refractivity contribution is 7.92. The maximum absolute atomic E-state index is 14.5. The summed E-state index contributed by atoms with van der Waals surface area (Å²) in [7, 11) is -3.54. The number of hydrogen-bond donors (Lipinski definition) is 1. The molecular weight excluding hydrogens is 504 g/mol. The van der Waals surface area contributed by atoms with Crippen LogP contribution in [-0.4, -0.2) is 18.2 Å². The number of aromatic nitrogens is 2. The van der Waals surface area contributed by atoms with Crippen molar-refractivity contribution in [1.29, 1.82) is 0 Å². The lowest BCUT2D eigenvalue weighted by Crippen LogP contribution is -2.23. The van der Waals surface area contributed by atoms with Gasteiger partial charge in [-0.2, -0.15) is 18.3 Å². The molecule has 0 spiro atoms. The average Bonchev–Trinajstić information content (AvgIpc) is 2.64. The molecule has 0 aliphatic carbocycles. The van der Waals surface area contributed by atoms with E-state index in [-0.39, 0.29) is 6.07 Å². The zero-order chi connectivity index (χ0) is 24.0. The molecule has 1 N–H and O–H groups in total. The third-order valence-corrected chi connectivity index (χ3v) is 6.29. The van der Waals surface area contributed by atoms with Crippen molar-refractivity contribution in [2.75, 3.05) is 4.72 Å². The van der Waals surface area contributed by atoms with Crippen LogP contribution in [0.15, 0.2) is 46.1 Å². The summed E-state index contributed by atoms with van der Waals surface area (Å²) >= 11 is 11.7. The Balaban J connectivity index is 2.12. The van der Waals surface area contributed by atoms with Gasteiger partial charge < -0.3 is 0 Å². The maximum atomic E-state index is 14.5. The Morgan fingerprint density at radius 1 is 1.03 bits per heavy atom. The van der Waals surface area contributed by atoms with Crippen molar-refractivity contribution >= 4 is 38.9 Å². The van der Waals surface area contributed by atoms with Crippen LogP contribution in [0.5, 0.6) is 0 Å². The van der Waals surface area contributed by atoms with Crippen LogP contribution in [0.25, 0.3) is 11.3 Å². The van der Waals surface area contributed by atoms with E-state index in [1.54, 1.807) is 0 Å². The first-order valence-electron chi connectivity index (χ1n) is 8.33. The highest BCUT2D eigenvalue weighted by Gasteiger charge is 2.35. The van der Waals surface area contributed by atoms with E-state index >= 15 is 0 Å². The Kier molecular flexibility index (Phi) is 6.24. The molecule has 0 atom stereocenters. The molecule has 6 nitrogen and oxygen atoms in total. The number of aryl methyl sites for hydroxylation is 1. The van der Waals surface area contributed by atoms with Crippen LogP contribution in [0, 0.1) is 11.6 Å². The Morgan fingerprint density at radius 2 is 1.69 bits per heavy atom. The molecular formula is C18H10Cl2F5N3O3S. The summed E-state index contributed by atoms with van der Waals surface area (Å²) in [4.78, 5) is 11.7. The number of nitrogens with zero attached hydrogens (tertiary/aromatic N) is 2. The van der Waals surface area contributed by atoms with Gasteiger partial charge in [0.2, 0.25) is 5.43 Å². The van der Waals surface area contributed by atoms with Crippen molar-refractivity contribution in [2.24, 2.45) is 7.05 Å². The molecule has 0 fully saturated rings. The topological polar surface area (TPSA) is 81.1 Å². The molecule has 3 rings (SSSR count). The van der Waals surface area contributed by atoms with Crippen molar-refractivity contribution in [3.05, 3.63) is 74.0 Å². The molecule has 1 heterocycles. The largest absolute Gasteiger partial charge is 0.433 e. The highest BCUT2D eigenvalue weighted by atomic mass is 35.5. The summed E-state index contributed by atoms with van der Waals surface area (Å²) in [5.74, 6) is -1.93. The zero-order valence-corrected chi connectivity index (χ0v) is 18.0. The molecule has 0 saturated carbocycles. The maximum Gasteiger partial charge on any atom is 0.433 e. The summed E-state index contributed by atoms with van der Waals surface area (Å²) in [6.07, 6.45) is -4.88. The minimum Gasteiger partial charge on any atom is -0.287 e. The molecule has 32 heavy (non-hydrogen) atoms. The second kappa shape index (κ2) is 8.34. The third-order valence-electron chi connectivity index (χ3n) is 4.13. The molecule has 0 amide bonds. The summed E-state index contributed by atoms with van der Waals surface area (Å²) in [6, 6.07) is 4.16. The van der Waals surface area contributed by atoms with Crippen molar-refractivity contribution in [1.82, 2.24) is 9.78 Å². The molecule has 3 aromatic rings. The van der Waals surface area contributed by atoms with Gasteiger partial charge in [0, 0.05) is 18.7 Å². The lowest BCUT2D eigenvalue weighted by Gasteiger charge is -2.15. The average molecular weight is 514 g/mol. The van der Waals surface area contributed by atoms with Gasteiger partial charge in [0.25, 0.3) is 10.0 Å². The number of anilines is 1. The molecule has 0 saturated heterocycles. The van der Waals surface area contributed by atoms with Gasteiger partial charge in [0.05, 0.1) is 15.7 Å². The van der Waals surface area contributed by atoms with Crippen molar-refractivity contribution in [3.63, 3.8) is 0 Å². The van der Waals surface area contributed by atoms with E-state index in [1.165, 1.54) is 0 Å². The van der Waals surface area contributed by atoms with Gasteiger partial charge in [-0.3, -0.25) is 14.2 Å². The summed E-state index contributed by atoms with van der Waals surface area (Å²) in [5, 5.41) is 2.60. The smallest absolute Gasteiger partial charge is 0.287 e. The first-order valence-corrected chi connectivity index (χ1v) is 10.6. The van der Waals surface area contributed by atoms with E-state index in [0.717, 1.165) is 31.3 Å². The van der Waals surface area contributed by atoms with Crippen LogP contribution in [0.2, 0.25) is 10.0 Å². The molecule has 170 valence electrons. The number of alkyl halides is 3. The lowest BCUT2D eigenvalue weighted by atomic mass is 10.1. The van der Waals surface area contributed by atoms with Crippen LogP contribution < -0.4 is 10.2 Å². The fraction of sp³-hybridized carbons (Fsp3) is 0.111. The molecule has 2 aromatic carbocycles. The van der Waals surface area contributed by atoms with E-state index in [4.69, 9.17) is 23.2 Å². The molecule has 0 aliphatic heterocycles. The Morgan fingerprint density at radius 3 is 2.28 bits per heavy atom. The molecule has 0 bridgehead atoms. The molecule has 0 radical (unpaired) electrons. The SMILES string of the molecule is Cn1nc(-c2cc(NS(=O)(=O)c3ccc(F)cc3Cl)c(Cl)cc2F)c(=O)cc1C(F)(F)F. The lowest BCUT2D eigenvalue weighted by molar-refractivity contribution is -0.144. The van der Waals surface area contributed by atoms with E-state index in [0.29, 0.717) is 10.7 Å². The first-order chi connectivity index (χ1) is 14.7. The predicted octanol–water partition coefficient (Wildman–Crippen LogP) is 4.85. The highest BCUT2D eigenvalue weighted by Crippen LogP contribution is 2.33. The second-order valence-corrected chi connectivity index (χ2v) is 8.82. The number of rotatable bonds is 4. The van der Waals surface area contributed by atoms with E-state index < -0.39 is 70.8 Å². The summed E-state index contributed by atoms with van der Waals surface area (Å²) in [5.41, 5.74) is -4.37. The number of hydrogen-bond acceptors (Lipinski definition) is 4.